The van der Waals surface area contributed by atoms with Crippen molar-refractivity contribution < 1.29 is 0 Å². The third kappa shape index (κ3) is 2.45. The van der Waals surface area contributed by atoms with Crippen molar-refractivity contribution in [3.05, 3.63) is 17.5 Å². The Labute approximate surface area is 113 Å². The standard InChI is InChI=1S/C13H19ClN4/c14-12-13(16-6-5-15-12)18-9-7-17(8-10-18)11-3-1-2-4-11/h5-6,11H,1-4,7-10H2. The van der Waals surface area contributed by atoms with Gasteiger partial charge in [-0.1, -0.05) is 24.4 Å². The van der Waals surface area contributed by atoms with Gasteiger partial charge in [-0.25, -0.2) is 9.97 Å². The number of nitrogens with zero attached hydrogens (tertiary/aromatic N) is 4. The van der Waals surface area contributed by atoms with E-state index in [2.05, 4.69) is 19.8 Å². The van der Waals surface area contributed by atoms with Crippen LogP contribution in [0, 0.1) is 0 Å². The molecule has 18 heavy (non-hydrogen) atoms. The van der Waals surface area contributed by atoms with Crippen LogP contribution in [0.2, 0.25) is 5.15 Å². The van der Waals surface area contributed by atoms with E-state index in [0.717, 1.165) is 38.0 Å². The van der Waals surface area contributed by atoms with Crippen LogP contribution in [0.15, 0.2) is 12.4 Å². The Balaban J connectivity index is 1.61. The number of halogens is 1. The molecule has 0 amide bonds. The lowest BCUT2D eigenvalue weighted by atomic mass is 10.2. The zero-order chi connectivity index (χ0) is 12.4. The van der Waals surface area contributed by atoms with Gasteiger partial charge in [0.25, 0.3) is 0 Å². The largest absolute Gasteiger partial charge is 0.351 e. The Kier molecular flexibility index (Phi) is 3.66. The van der Waals surface area contributed by atoms with E-state index >= 15 is 0 Å². The van der Waals surface area contributed by atoms with Gasteiger partial charge >= 0.3 is 0 Å². The molecule has 0 unspecified atom stereocenters. The van der Waals surface area contributed by atoms with Crippen LogP contribution in [0.25, 0.3) is 0 Å². The van der Waals surface area contributed by atoms with E-state index in [9.17, 15) is 0 Å². The summed E-state index contributed by atoms with van der Waals surface area (Å²) in [5.41, 5.74) is 0. The first-order valence-corrected chi connectivity index (χ1v) is 7.18. The summed E-state index contributed by atoms with van der Waals surface area (Å²) in [5, 5.41) is 0.520. The molecule has 0 spiro atoms. The molecule has 1 saturated carbocycles. The second kappa shape index (κ2) is 5.41. The molecule has 0 aromatic carbocycles. The molecular weight excluding hydrogens is 248 g/mol. The third-order valence-electron chi connectivity index (χ3n) is 4.09. The van der Waals surface area contributed by atoms with Gasteiger partial charge in [0, 0.05) is 44.6 Å². The SMILES string of the molecule is Clc1nccnc1N1CCN(C2CCCC2)CC1. The number of anilines is 1. The van der Waals surface area contributed by atoms with Gasteiger partial charge in [-0.15, -0.1) is 0 Å². The monoisotopic (exact) mass is 266 g/mol. The van der Waals surface area contributed by atoms with Gasteiger partial charge in [-0.2, -0.15) is 0 Å². The van der Waals surface area contributed by atoms with Crippen LogP contribution in [0.4, 0.5) is 5.82 Å². The highest BCUT2D eigenvalue weighted by molar-refractivity contribution is 6.31. The molecule has 4 nitrogen and oxygen atoms in total. The third-order valence-corrected chi connectivity index (χ3v) is 4.36. The molecule has 1 saturated heterocycles. The quantitative estimate of drug-likeness (QED) is 0.822. The van der Waals surface area contributed by atoms with Crippen molar-refractivity contribution in [2.75, 3.05) is 31.1 Å². The lowest BCUT2D eigenvalue weighted by Crippen LogP contribution is -2.50. The van der Waals surface area contributed by atoms with Crippen molar-refractivity contribution in [1.29, 1.82) is 0 Å². The first-order chi connectivity index (χ1) is 8.84. The van der Waals surface area contributed by atoms with Gasteiger partial charge in [0.1, 0.15) is 0 Å². The summed E-state index contributed by atoms with van der Waals surface area (Å²) in [5.74, 6) is 0.838. The van der Waals surface area contributed by atoms with E-state index in [4.69, 9.17) is 11.6 Å². The Morgan fingerprint density at radius 1 is 1.00 bits per heavy atom. The predicted molar refractivity (Wildman–Crippen MR) is 73.1 cm³/mol. The van der Waals surface area contributed by atoms with Gasteiger partial charge in [0.15, 0.2) is 11.0 Å². The molecule has 1 aliphatic carbocycles. The molecule has 5 heteroatoms. The van der Waals surface area contributed by atoms with E-state index < -0.39 is 0 Å². The van der Waals surface area contributed by atoms with E-state index in [1.807, 2.05) is 0 Å². The van der Waals surface area contributed by atoms with Crippen molar-refractivity contribution in [3.8, 4) is 0 Å². The Morgan fingerprint density at radius 2 is 1.67 bits per heavy atom. The molecule has 3 rings (SSSR count). The fraction of sp³-hybridized carbons (Fsp3) is 0.692. The maximum atomic E-state index is 6.09. The number of hydrogen-bond acceptors (Lipinski definition) is 4. The van der Waals surface area contributed by atoms with Crippen LogP contribution in [-0.2, 0) is 0 Å². The summed E-state index contributed by atoms with van der Waals surface area (Å²) in [6.07, 6.45) is 8.92. The van der Waals surface area contributed by atoms with Crippen LogP contribution in [-0.4, -0.2) is 47.1 Å². The van der Waals surface area contributed by atoms with Gasteiger partial charge in [-0.05, 0) is 12.8 Å². The average Bonchev–Trinajstić information content (AvgIpc) is 2.94. The van der Waals surface area contributed by atoms with Crippen LogP contribution >= 0.6 is 11.6 Å². The van der Waals surface area contributed by atoms with Gasteiger partial charge in [0.2, 0.25) is 0 Å². The summed E-state index contributed by atoms with van der Waals surface area (Å²) in [4.78, 5) is 13.3. The molecule has 0 N–H and O–H groups in total. The fourth-order valence-corrected chi connectivity index (χ4v) is 3.32. The molecule has 0 atom stereocenters. The molecule has 2 heterocycles. The molecule has 1 aromatic rings. The number of rotatable bonds is 2. The highest BCUT2D eigenvalue weighted by atomic mass is 35.5. The Bertz CT molecular complexity index is 398. The number of hydrogen-bond donors (Lipinski definition) is 0. The van der Waals surface area contributed by atoms with Crippen molar-refractivity contribution in [2.45, 2.75) is 31.7 Å². The normalized spacial score (nSPS) is 22.6. The van der Waals surface area contributed by atoms with Gasteiger partial charge < -0.3 is 4.90 Å². The van der Waals surface area contributed by atoms with Crippen LogP contribution in [0.3, 0.4) is 0 Å². The minimum Gasteiger partial charge on any atom is -0.351 e. The Hall–Kier alpha value is -0.870. The van der Waals surface area contributed by atoms with Crippen molar-refractivity contribution >= 4 is 17.4 Å². The topological polar surface area (TPSA) is 32.3 Å². The number of aromatic nitrogens is 2. The van der Waals surface area contributed by atoms with E-state index in [-0.39, 0.29) is 0 Å². The molecule has 2 aliphatic rings. The second-order valence-corrected chi connectivity index (χ2v) is 5.49. The smallest absolute Gasteiger partial charge is 0.171 e. The minimum absolute atomic E-state index is 0.520. The van der Waals surface area contributed by atoms with E-state index in [1.165, 1.54) is 25.7 Å². The van der Waals surface area contributed by atoms with E-state index in [1.54, 1.807) is 12.4 Å². The minimum atomic E-state index is 0.520. The highest BCUT2D eigenvalue weighted by Gasteiger charge is 2.27. The Morgan fingerprint density at radius 3 is 2.33 bits per heavy atom. The highest BCUT2D eigenvalue weighted by Crippen LogP contribution is 2.26. The van der Waals surface area contributed by atoms with Crippen molar-refractivity contribution in [2.24, 2.45) is 0 Å². The summed E-state index contributed by atoms with van der Waals surface area (Å²) in [7, 11) is 0. The van der Waals surface area contributed by atoms with Crippen molar-refractivity contribution in [1.82, 2.24) is 14.9 Å². The van der Waals surface area contributed by atoms with Gasteiger partial charge in [0.05, 0.1) is 0 Å². The summed E-state index contributed by atoms with van der Waals surface area (Å²) in [6.45, 7) is 4.26. The number of piperazine rings is 1. The summed E-state index contributed by atoms with van der Waals surface area (Å²) < 4.78 is 0. The molecule has 98 valence electrons. The summed E-state index contributed by atoms with van der Waals surface area (Å²) in [6, 6.07) is 0.824. The fourth-order valence-electron chi connectivity index (χ4n) is 3.09. The first-order valence-electron chi connectivity index (χ1n) is 6.80. The van der Waals surface area contributed by atoms with Crippen LogP contribution in [0.5, 0.6) is 0 Å². The predicted octanol–water partition coefficient (Wildman–Crippen LogP) is 2.19. The van der Waals surface area contributed by atoms with Crippen molar-refractivity contribution in [3.63, 3.8) is 0 Å². The lowest BCUT2D eigenvalue weighted by Gasteiger charge is -2.38. The van der Waals surface area contributed by atoms with Crippen LogP contribution < -0.4 is 4.90 Å². The van der Waals surface area contributed by atoms with Gasteiger partial charge in [-0.3, -0.25) is 4.90 Å². The molecule has 2 fully saturated rings. The second-order valence-electron chi connectivity index (χ2n) is 5.13. The first kappa shape index (κ1) is 12.2. The summed E-state index contributed by atoms with van der Waals surface area (Å²) >= 11 is 6.09. The lowest BCUT2D eigenvalue weighted by molar-refractivity contribution is 0.187. The molecular formula is C13H19ClN4. The zero-order valence-corrected chi connectivity index (χ0v) is 11.3. The zero-order valence-electron chi connectivity index (χ0n) is 10.6. The van der Waals surface area contributed by atoms with Crippen LogP contribution in [0.1, 0.15) is 25.7 Å². The molecule has 0 bridgehead atoms. The average molecular weight is 267 g/mol. The molecule has 1 aliphatic heterocycles. The maximum Gasteiger partial charge on any atom is 0.171 e. The molecule has 1 aromatic heterocycles. The maximum absolute atomic E-state index is 6.09. The molecule has 0 radical (unpaired) electrons. The van der Waals surface area contributed by atoms with E-state index in [0.29, 0.717) is 5.15 Å².